The van der Waals surface area contributed by atoms with Crippen molar-refractivity contribution in [1.82, 2.24) is 0 Å². The Morgan fingerprint density at radius 2 is 2.26 bits per heavy atom. The number of carboxylic acids is 1. The van der Waals surface area contributed by atoms with Gasteiger partial charge in [-0.3, -0.25) is 0 Å². The zero-order valence-electron chi connectivity index (χ0n) is 10.7. The van der Waals surface area contributed by atoms with E-state index in [4.69, 9.17) is 10.4 Å². The maximum atomic E-state index is 11.0. The molecule has 0 atom stereocenters. The fourth-order valence-electron chi connectivity index (χ4n) is 2.88. The molecule has 0 aromatic heterocycles. The maximum Gasteiger partial charge on any atom is 0.335 e. The first kappa shape index (κ1) is 12.0. The van der Waals surface area contributed by atoms with E-state index in [2.05, 4.69) is 11.0 Å². The smallest absolute Gasteiger partial charge is 0.335 e. The minimum Gasteiger partial charge on any atom is -0.478 e. The monoisotopic (exact) mass is 256 g/mol. The van der Waals surface area contributed by atoms with Gasteiger partial charge in [-0.25, -0.2) is 4.79 Å². The zero-order chi connectivity index (χ0) is 13.5. The lowest BCUT2D eigenvalue weighted by Crippen LogP contribution is -2.28. The predicted octanol–water partition coefficient (Wildman–Crippen LogP) is 2.44. The van der Waals surface area contributed by atoms with E-state index >= 15 is 0 Å². The highest BCUT2D eigenvalue weighted by molar-refractivity contribution is 5.89. The van der Waals surface area contributed by atoms with E-state index in [0.29, 0.717) is 12.0 Å². The Balaban J connectivity index is 1.83. The van der Waals surface area contributed by atoms with Crippen LogP contribution in [0.1, 0.15) is 35.2 Å². The highest BCUT2D eigenvalue weighted by Crippen LogP contribution is 2.50. The van der Waals surface area contributed by atoms with Crippen LogP contribution in [0, 0.1) is 16.7 Å². The Bertz CT molecular complexity index is 570. The molecule has 1 aromatic rings. The van der Waals surface area contributed by atoms with Crippen molar-refractivity contribution in [1.29, 1.82) is 5.26 Å². The Labute approximate surface area is 112 Å². The molecule has 1 aromatic carbocycles. The Morgan fingerprint density at radius 1 is 1.47 bits per heavy atom. The molecular formula is C15H16N2O2. The van der Waals surface area contributed by atoms with Crippen LogP contribution in [0.15, 0.2) is 18.2 Å². The minimum atomic E-state index is -0.882. The standard InChI is InChI=1S/C15H16N2O2/c16-7-6-15(4-5-15)10-17-8-3-11-1-2-12(14(18)19)9-13(11)17/h1-2,9H,3-6,8,10H2,(H,18,19). The number of aromatic carboxylic acids is 1. The van der Waals surface area contributed by atoms with E-state index in [9.17, 15) is 4.79 Å². The van der Waals surface area contributed by atoms with E-state index in [0.717, 1.165) is 38.0 Å². The van der Waals surface area contributed by atoms with E-state index in [-0.39, 0.29) is 5.41 Å². The van der Waals surface area contributed by atoms with E-state index in [1.165, 1.54) is 5.56 Å². The number of nitriles is 1. The molecule has 19 heavy (non-hydrogen) atoms. The number of hydrogen-bond donors (Lipinski definition) is 1. The lowest BCUT2D eigenvalue weighted by Gasteiger charge is -2.24. The summed E-state index contributed by atoms with van der Waals surface area (Å²) in [6.45, 7) is 1.82. The molecule has 1 saturated carbocycles. The van der Waals surface area contributed by atoms with Crippen LogP contribution in [0.5, 0.6) is 0 Å². The van der Waals surface area contributed by atoms with Gasteiger partial charge in [-0.05, 0) is 37.0 Å². The fourth-order valence-corrected chi connectivity index (χ4v) is 2.88. The van der Waals surface area contributed by atoms with Crippen molar-refractivity contribution < 1.29 is 9.90 Å². The van der Waals surface area contributed by atoms with Crippen LogP contribution >= 0.6 is 0 Å². The summed E-state index contributed by atoms with van der Waals surface area (Å²) < 4.78 is 0. The average molecular weight is 256 g/mol. The van der Waals surface area contributed by atoms with Crippen LogP contribution in [-0.2, 0) is 6.42 Å². The first-order chi connectivity index (χ1) is 9.13. The molecule has 1 aliphatic carbocycles. The van der Waals surface area contributed by atoms with Crippen molar-refractivity contribution in [3.05, 3.63) is 29.3 Å². The lowest BCUT2D eigenvalue weighted by atomic mass is 10.0. The summed E-state index contributed by atoms with van der Waals surface area (Å²) in [6, 6.07) is 7.64. The van der Waals surface area contributed by atoms with Crippen molar-refractivity contribution in [2.75, 3.05) is 18.0 Å². The number of rotatable bonds is 4. The molecule has 2 aliphatic rings. The molecule has 4 heteroatoms. The molecular weight excluding hydrogens is 240 g/mol. The van der Waals surface area contributed by atoms with Crippen molar-refractivity contribution in [2.45, 2.75) is 25.7 Å². The molecule has 1 aliphatic heterocycles. The highest BCUT2D eigenvalue weighted by atomic mass is 16.4. The Hall–Kier alpha value is -2.02. The summed E-state index contributed by atoms with van der Waals surface area (Å²) in [4.78, 5) is 13.3. The van der Waals surface area contributed by atoms with Crippen LogP contribution in [0.4, 0.5) is 5.69 Å². The van der Waals surface area contributed by atoms with Crippen LogP contribution in [-0.4, -0.2) is 24.2 Å². The van der Waals surface area contributed by atoms with Crippen LogP contribution in [0.3, 0.4) is 0 Å². The van der Waals surface area contributed by atoms with E-state index < -0.39 is 5.97 Å². The second-order valence-electron chi connectivity index (χ2n) is 5.66. The summed E-state index contributed by atoms with van der Waals surface area (Å²) in [5, 5.41) is 18.0. The largest absolute Gasteiger partial charge is 0.478 e. The molecule has 0 radical (unpaired) electrons. The van der Waals surface area contributed by atoms with Gasteiger partial charge in [0.1, 0.15) is 0 Å². The number of carboxylic acid groups (broad SMARTS) is 1. The van der Waals surface area contributed by atoms with Crippen molar-refractivity contribution in [3.8, 4) is 6.07 Å². The van der Waals surface area contributed by atoms with Gasteiger partial charge in [0.25, 0.3) is 0 Å². The molecule has 0 spiro atoms. The van der Waals surface area contributed by atoms with Gasteiger partial charge in [0.2, 0.25) is 0 Å². The first-order valence-corrected chi connectivity index (χ1v) is 6.62. The van der Waals surface area contributed by atoms with Gasteiger partial charge < -0.3 is 10.0 Å². The summed E-state index contributed by atoms with van der Waals surface area (Å²) in [7, 11) is 0. The summed E-state index contributed by atoms with van der Waals surface area (Å²) in [5.74, 6) is -0.882. The third kappa shape index (κ3) is 2.17. The maximum absolute atomic E-state index is 11.0. The molecule has 98 valence electrons. The summed E-state index contributed by atoms with van der Waals surface area (Å²) >= 11 is 0. The number of nitrogens with zero attached hydrogens (tertiary/aromatic N) is 2. The van der Waals surface area contributed by atoms with Gasteiger partial charge in [0, 0.05) is 30.6 Å². The quantitative estimate of drug-likeness (QED) is 0.898. The normalized spacial score (nSPS) is 18.8. The van der Waals surface area contributed by atoms with Gasteiger partial charge in [0.15, 0.2) is 0 Å². The molecule has 0 bridgehead atoms. The summed E-state index contributed by atoms with van der Waals surface area (Å²) in [6.07, 6.45) is 3.81. The Kier molecular flexibility index (Phi) is 2.70. The van der Waals surface area contributed by atoms with E-state index in [1.807, 2.05) is 6.07 Å². The minimum absolute atomic E-state index is 0.162. The van der Waals surface area contributed by atoms with Crippen molar-refractivity contribution in [2.24, 2.45) is 5.41 Å². The zero-order valence-corrected chi connectivity index (χ0v) is 10.7. The van der Waals surface area contributed by atoms with Gasteiger partial charge >= 0.3 is 5.97 Å². The number of anilines is 1. The number of carbonyl (C=O) groups is 1. The molecule has 0 saturated heterocycles. The predicted molar refractivity (Wildman–Crippen MR) is 71.2 cm³/mol. The molecule has 1 heterocycles. The number of benzene rings is 1. The fraction of sp³-hybridized carbons (Fsp3) is 0.467. The molecule has 0 amide bonds. The van der Waals surface area contributed by atoms with Crippen LogP contribution in [0.25, 0.3) is 0 Å². The third-order valence-electron chi connectivity index (χ3n) is 4.26. The number of fused-ring (bicyclic) bond motifs is 1. The molecule has 0 unspecified atom stereocenters. The van der Waals surface area contributed by atoms with Gasteiger partial charge in [-0.2, -0.15) is 5.26 Å². The molecule has 1 fully saturated rings. The van der Waals surface area contributed by atoms with Gasteiger partial charge in [0.05, 0.1) is 11.6 Å². The second-order valence-corrected chi connectivity index (χ2v) is 5.66. The first-order valence-electron chi connectivity index (χ1n) is 6.62. The molecule has 1 N–H and O–H groups in total. The second kappa shape index (κ2) is 4.27. The molecule has 3 rings (SSSR count). The SMILES string of the molecule is N#CCC1(CN2CCc3ccc(C(=O)O)cc32)CC1. The van der Waals surface area contributed by atoms with Crippen LogP contribution < -0.4 is 4.90 Å². The lowest BCUT2D eigenvalue weighted by molar-refractivity contribution is 0.0697. The van der Waals surface area contributed by atoms with Gasteiger partial charge in [-0.15, -0.1) is 0 Å². The number of hydrogen-bond acceptors (Lipinski definition) is 3. The summed E-state index contributed by atoms with van der Waals surface area (Å²) in [5.41, 5.74) is 2.77. The average Bonchev–Trinajstić information content (AvgIpc) is 3.03. The van der Waals surface area contributed by atoms with Crippen LogP contribution in [0.2, 0.25) is 0 Å². The highest BCUT2D eigenvalue weighted by Gasteiger charge is 2.44. The van der Waals surface area contributed by atoms with Crippen molar-refractivity contribution >= 4 is 11.7 Å². The Morgan fingerprint density at radius 3 is 2.89 bits per heavy atom. The van der Waals surface area contributed by atoms with E-state index in [1.54, 1.807) is 12.1 Å². The topological polar surface area (TPSA) is 64.3 Å². The third-order valence-corrected chi connectivity index (χ3v) is 4.26. The van der Waals surface area contributed by atoms with Crippen molar-refractivity contribution in [3.63, 3.8) is 0 Å². The van der Waals surface area contributed by atoms with Gasteiger partial charge in [-0.1, -0.05) is 6.07 Å². The molecule has 4 nitrogen and oxygen atoms in total.